The Morgan fingerprint density at radius 3 is 2.43 bits per heavy atom. The monoisotopic (exact) mass is 492 g/mol. The van der Waals surface area contributed by atoms with Gasteiger partial charge in [-0.15, -0.1) is 0 Å². The molecule has 4 aromatic rings. The number of para-hydroxylation sites is 1. The lowest BCUT2D eigenvalue weighted by molar-refractivity contribution is 0.0975. The zero-order valence-electron chi connectivity index (χ0n) is 20.1. The number of hydrogen-bond acceptors (Lipinski definition) is 5. The minimum atomic E-state index is -0.249. The molecule has 1 aliphatic carbocycles. The smallest absolute Gasteiger partial charge is 0.265 e. The van der Waals surface area contributed by atoms with Crippen LogP contribution in [0.1, 0.15) is 35.2 Å². The van der Waals surface area contributed by atoms with E-state index >= 15 is 0 Å². The number of aliphatic imine (C=N–C) groups is 1. The van der Waals surface area contributed by atoms with Crippen molar-refractivity contribution >= 4 is 29.2 Å². The van der Waals surface area contributed by atoms with Crippen LogP contribution in [0.3, 0.4) is 0 Å². The largest absolute Gasteiger partial charge is 0.340 e. The highest BCUT2D eigenvalue weighted by Gasteiger charge is 2.47. The van der Waals surface area contributed by atoms with Gasteiger partial charge in [-0.1, -0.05) is 54.6 Å². The topological polar surface area (TPSA) is 74.5 Å². The molecule has 7 rings (SSSR count). The van der Waals surface area contributed by atoms with Crippen molar-refractivity contribution in [1.29, 1.82) is 0 Å². The standard InChI is InChI=1S/C29H25FN6O/c30-21-15-13-20(14-16-21)19-11-9-18(10-12-19)17-35-26(31-22-5-2-1-3-6-22)25-27(34-35)36-24-8-4-7-23(24)32-29(36)33-28(25)37/h1-3,5-6,9-16,23-24,31H,4,7-8,17H2,(H,32,33,37)/t23-,24+/m1/s1. The fraction of sp³-hybridized carbons (Fsp3) is 0.207. The highest BCUT2D eigenvalue weighted by molar-refractivity contribution is 6.21. The highest BCUT2D eigenvalue weighted by Crippen LogP contribution is 2.41. The quantitative estimate of drug-likeness (QED) is 0.395. The number of benzene rings is 3. The lowest BCUT2D eigenvalue weighted by Crippen LogP contribution is -2.50. The molecule has 3 aliphatic rings. The first kappa shape index (κ1) is 21.8. The summed E-state index contributed by atoms with van der Waals surface area (Å²) >= 11 is 0. The Bertz CT molecular complexity index is 1510. The molecular weight excluding hydrogens is 467 g/mol. The first-order chi connectivity index (χ1) is 18.1. The van der Waals surface area contributed by atoms with Gasteiger partial charge in [-0.25, -0.2) is 14.1 Å². The van der Waals surface area contributed by atoms with Crippen LogP contribution in [0.4, 0.5) is 21.7 Å². The Hall–Kier alpha value is -4.46. The van der Waals surface area contributed by atoms with Crippen molar-refractivity contribution in [3.05, 3.63) is 95.8 Å². The van der Waals surface area contributed by atoms with E-state index in [-0.39, 0.29) is 23.8 Å². The van der Waals surface area contributed by atoms with Crippen molar-refractivity contribution in [2.75, 3.05) is 10.2 Å². The molecule has 0 radical (unpaired) electrons. The average Bonchev–Trinajstić information content (AvgIpc) is 3.59. The van der Waals surface area contributed by atoms with Crippen LogP contribution in [0.2, 0.25) is 0 Å². The lowest BCUT2D eigenvalue weighted by atomic mass is 10.0. The van der Waals surface area contributed by atoms with Gasteiger partial charge >= 0.3 is 0 Å². The van der Waals surface area contributed by atoms with Crippen LogP contribution in [0.5, 0.6) is 0 Å². The Morgan fingerprint density at radius 2 is 1.68 bits per heavy atom. The molecule has 8 heteroatoms. The van der Waals surface area contributed by atoms with Gasteiger partial charge in [0.25, 0.3) is 5.91 Å². The second-order valence-corrected chi connectivity index (χ2v) is 9.74. The summed E-state index contributed by atoms with van der Waals surface area (Å²) < 4.78 is 15.2. The van der Waals surface area contributed by atoms with Crippen LogP contribution < -0.4 is 15.5 Å². The first-order valence-electron chi connectivity index (χ1n) is 12.6. The van der Waals surface area contributed by atoms with E-state index in [2.05, 4.69) is 15.5 Å². The number of halogens is 1. The van der Waals surface area contributed by atoms with Crippen molar-refractivity contribution in [2.45, 2.75) is 37.9 Å². The molecule has 3 aromatic carbocycles. The molecule has 2 aliphatic heterocycles. The second kappa shape index (κ2) is 8.58. The number of carbonyl (C=O) groups excluding carboxylic acids is 1. The predicted octanol–water partition coefficient (Wildman–Crippen LogP) is 5.32. The van der Waals surface area contributed by atoms with Crippen LogP contribution in [-0.2, 0) is 6.54 Å². The minimum absolute atomic E-state index is 0.193. The molecule has 2 atom stereocenters. The second-order valence-electron chi connectivity index (χ2n) is 9.74. The van der Waals surface area contributed by atoms with Crippen LogP contribution in [-0.4, -0.2) is 33.7 Å². The van der Waals surface area contributed by atoms with E-state index in [9.17, 15) is 9.18 Å². The van der Waals surface area contributed by atoms with Crippen LogP contribution in [0.15, 0.2) is 83.9 Å². The summed E-state index contributed by atoms with van der Waals surface area (Å²) in [5, 5.41) is 11.4. The summed E-state index contributed by atoms with van der Waals surface area (Å²) in [4.78, 5) is 20.2. The maximum atomic E-state index is 13.3. The van der Waals surface area contributed by atoms with Gasteiger partial charge in [0.1, 0.15) is 17.2 Å². The molecule has 7 nitrogen and oxygen atoms in total. The van der Waals surface area contributed by atoms with E-state index in [1.54, 1.807) is 12.1 Å². The van der Waals surface area contributed by atoms with E-state index < -0.39 is 0 Å². The minimum Gasteiger partial charge on any atom is -0.340 e. The van der Waals surface area contributed by atoms with E-state index in [0.717, 1.165) is 41.6 Å². The molecule has 1 aromatic heterocycles. The van der Waals surface area contributed by atoms with Crippen molar-refractivity contribution in [2.24, 2.45) is 4.99 Å². The molecule has 1 saturated carbocycles. The van der Waals surface area contributed by atoms with Crippen LogP contribution in [0, 0.1) is 5.82 Å². The summed E-state index contributed by atoms with van der Waals surface area (Å²) in [6.07, 6.45) is 3.19. The Kier molecular flexibility index (Phi) is 5.06. The highest BCUT2D eigenvalue weighted by atomic mass is 19.1. The van der Waals surface area contributed by atoms with Crippen molar-refractivity contribution in [3.8, 4) is 11.1 Å². The maximum Gasteiger partial charge on any atom is 0.265 e. The van der Waals surface area contributed by atoms with Gasteiger partial charge in [-0.2, -0.15) is 5.10 Å². The van der Waals surface area contributed by atoms with Crippen molar-refractivity contribution < 1.29 is 9.18 Å². The number of aromatic nitrogens is 2. The Labute approximate surface area is 213 Å². The number of rotatable bonds is 5. The third-order valence-electron chi connectivity index (χ3n) is 7.41. The van der Waals surface area contributed by atoms with Crippen molar-refractivity contribution in [1.82, 2.24) is 15.1 Å². The van der Waals surface area contributed by atoms with Gasteiger partial charge < -0.3 is 5.32 Å². The molecule has 1 amide bonds. The fourth-order valence-electron chi connectivity index (χ4n) is 5.61. The molecule has 37 heavy (non-hydrogen) atoms. The van der Waals surface area contributed by atoms with Crippen LogP contribution in [0.25, 0.3) is 11.1 Å². The van der Waals surface area contributed by atoms with Gasteiger partial charge in [0.2, 0.25) is 5.96 Å². The van der Waals surface area contributed by atoms with Gasteiger partial charge in [-0.05, 0) is 60.2 Å². The van der Waals surface area contributed by atoms with E-state index in [0.29, 0.717) is 29.7 Å². The molecule has 1 fully saturated rings. The van der Waals surface area contributed by atoms with Gasteiger partial charge in [0.05, 0.1) is 18.6 Å². The number of fused-ring (bicyclic) bond motifs is 5. The summed E-state index contributed by atoms with van der Waals surface area (Å²) in [5.41, 5.74) is 4.42. The molecule has 0 unspecified atom stereocenters. The number of anilines is 3. The fourth-order valence-corrected chi connectivity index (χ4v) is 5.61. The SMILES string of the molecule is O=C1NC2=N[C@@H]3CCC[C@@H]3N2c2nn(Cc3ccc(-c4ccc(F)cc4)cc3)c(Nc3ccccc3)c21. The maximum absolute atomic E-state index is 13.3. The normalized spacial score (nSPS) is 19.6. The Morgan fingerprint density at radius 1 is 0.946 bits per heavy atom. The van der Waals surface area contributed by atoms with Crippen molar-refractivity contribution in [3.63, 3.8) is 0 Å². The number of nitrogens with zero attached hydrogens (tertiary/aromatic N) is 4. The van der Waals surface area contributed by atoms with Gasteiger partial charge in [-0.3, -0.25) is 15.0 Å². The third kappa shape index (κ3) is 3.76. The number of nitrogens with one attached hydrogen (secondary N) is 2. The molecule has 0 spiro atoms. The molecular formula is C29H25FN6O. The molecule has 184 valence electrons. The molecule has 0 bridgehead atoms. The summed E-state index contributed by atoms with van der Waals surface area (Å²) in [6.45, 7) is 0.480. The van der Waals surface area contributed by atoms with E-state index in [1.165, 1.54) is 12.1 Å². The van der Waals surface area contributed by atoms with E-state index in [4.69, 9.17) is 10.1 Å². The molecule has 2 N–H and O–H groups in total. The number of hydrogen-bond donors (Lipinski definition) is 2. The zero-order chi connectivity index (χ0) is 24.9. The third-order valence-corrected chi connectivity index (χ3v) is 7.41. The number of carbonyl (C=O) groups is 1. The summed E-state index contributed by atoms with van der Waals surface area (Å²) in [5.74, 6) is 1.49. The lowest BCUT2D eigenvalue weighted by Gasteiger charge is -2.29. The molecule has 0 saturated heterocycles. The number of amides is 1. The zero-order valence-corrected chi connectivity index (χ0v) is 20.1. The van der Waals surface area contributed by atoms with Gasteiger partial charge in [0.15, 0.2) is 5.82 Å². The van der Waals surface area contributed by atoms with Crippen LogP contribution >= 0.6 is 0 Å². The molecule has 3 heterocycles. The van der Waals surface area contributed by atoms with Gasteiger partial charge in [0, 0.05) is 5.69 Å². The Balaban J connectivity index is 1.27. The summed E-state index contributed by atoms with van der Waals surface area (Å²) in [7, 11) is 0. The average molecular weight is 493 g/mol. The number of guanidine groups is 1. The predicted molar refractivity (Wildman–Crippen MR) is 142 cm³/mol. The first-order valence-corrected chi connectivity index (χ1v) is 12.6. The summed E-state index contributed by atoms with van der Waals surface area (Å²) in [6, 6.07) is 24.9. The van der Waals surface area contributed by atoms with E-state index in [1.807, 2.05) is 59.3 Å².